The van der Waals surface area contributed by atoms with Gasteiger partial charge in [-0.2, -0.15) is 5.10 Å². The SMILES string of the molecule is Cc1cccc(CN)c1Oc1cnn(C(C)C)c1. The zero-order valence-corrected chi connectivity index (χ0v) is 11.1. The molecule has 96 valence electrons. The number of rotatable bonds is 4. The van der Waals surface area contributed by atoms with Gasteiger partial charge in [-0.1, -0.05) is 18.2 Å². The van der Waals surface area contributed by atoms with Gasteiger partial charge in [0, 0.05) is 18.2 Å². The van der Waals surface area contributed by atoms with Crippen LogP contribution in [0.1, 0.15) is 31.0 Å². The molecule has 0 spiro atoms. The third-order valence-electron chi connectivity index (χ3n) is 2.84. The van der Waals surface area contributed by atoms with E-state index in [-0.39, 0.29) is 0 Å². The second kappa shape index (κ2) is 5.23. The van der Waals surface area contributed by atoms with E-state index in [0.717, 1.165) is 22.6 Å². The summed E-state index contributed by atoms with van der Waals surface area (Å²) < 4.78 is 7.77. The number of nitrogens with zero attached hydrogens (tertiary/aromatic N) is 2. The van der Waals surface area contributed by atoms with E-state index in [9.17, 15) is 0 Å². The Morgan fingerprint density at radius 1 is 1.39 bits per heavy atom. The van der Waals surface area contributed by atoms with Gasteiger partial charge in [0.05, 0.1) is 12.4 Å². The Bertz CT molecular complexity index is 532. The van der Waals surface area contributed by atoms with Crippen LogP contribution in [0.15, 0.2) is 30.6 Å². The summed E-state index contributed by atoms with van der Waals surface area (Å²) >= 11 is 0. The van der Waals surface area contributed by atoms with Gasteiger partial charge < -0.3 is 10.5 Å². The average molecular weight is 245 g/mol. The first kappa shape index (κ1) is 12.6. The van der Waals surface area contributed by atoms with Gasteiger partial charge in [-0.25, -0.2) is 0 Å². The van der Waals surface area contributed by atoms with Crippen LogP contribution in [0.2, 0.25) is 0 Å². The number of hydrogen-bond acceptors (Lipinski definition) is 3. The number of hydrogen-bond donors (Lipinski definition) is 1. The second-order valence-electron chi connectivity index (χ2n) is 4.62. The predicted octanol–water partition coefficient (Wildman–Crippen LogP) is 3.02. The van der Waals surface area contributed by atoms with E-state index < -0.39 is 0 Å². The maximum Gasteiger partial charge on any atom is 0.165 e. The first-order valence-corrected chi connectivity index (χ1v) is 6.12. The molecule has 1 heterocycles. The molecule has 4 heteroatoms. The van der Waals surface area contributed by atoms with Gasteiger partial charge in [0.15, 0.2) is 5.75 Å². The molecule has 0 saturated heterocycles. The molecule has 4 nitrogen and oxygen atoms in total. The molecule has 0 amide bonds. The highest BCUT2D eigenvalue weighted by Gasteiger charge is 2.09. The summed E-state index contributed by atoms with van der Waals surface area (Å²) in [6, 6.07) is 6.31. The molecular weight excluding hydrogens is 226 g/mol. The van der Waals surface area contributed by atoms with Crippen molar-refractivity contribution >= 4 is 0 Å². The van der Waals surface area contributed by atoms with Crippen LogP contribution in [0, 0.1) is 6.92 Å². The number of aromatic nitrogens is 2. The Morgan fingerprint density at radius 2 is 2.17 bits per heavy atom. The highest BCUT2D eigenvalue weighted by Crippen LogP contribution is 2.28. The molecule has 0 atom stereocenters. The van der Waals surface area contributed by atoms with Crippen LogP contribution in [0.4, 0.5) is 0 Å². The lowest BCUT2D eigenvalue weighted by atomic mass is 10.1. The Hall–Kier alpha value is -1.81. The lowest BCUT2D eigenvalue weighted by molar-refractivity contribution is 0.468. The number of ether oxygens (including phenoxy) is 1. The highest BCUT2D eigenvalue weighted by molar-refractivity contribution is 5.43. The van der Waals surface area contributed by atoms with Gasteiger partial charge in [0.2, 0.25) is 0 Å². The summed E-state index contributed by atoms with van der Waals surface area (Å²) in [6.45, 7) is 6.64. The lowest BCUT2D eigenvalue weighted by Gasteiger charge is -2.11. The highest BCUT2D eigenvalue weighted by atomic mass is 16.5. The van der Waals surface area contributed by atoms with E-state index in [2.05, 4.69) is 18.9 Å². The van der Waals surface area contributed by atoms with Crippen molar-refractivity contribution in [3.8, 4) is 11.5 Å². The summed E-state index contributed by atoms with van der Waals surface area (Å²) in [6.07, 6.45) is 3.63. The van der Waals surface area contributed by atoms with Crippen molar-refractivity contribution in [2.75, 3.05) is 0 Å². The van der Waals surface area contributed by atoms with Crippen molar-refractivity contribution in [3.63, 3.8) is 0 Å². The van der Waals surface area contributed by atoms with E-state index in [4.69, 9.17) is 10.5 Å². The number of aryl methyl sites for hydroxylation is 1. The smallest absolute Gasteiger partial charge is 0.165 e. The standard InChI is InChI=1S/C14H19N3O/c1-10(2)17-9-13(8-16-17)18-14-11(3)5-4-6-12(14)7-15/h4-6,8-10H,7,15H2,1-3H3. The van der Waals surface area contributed by atoms with Crippen LogP contribution in [0.3, 0.4) is 0 Å². The molecule has 0 aliphatic carbocycles. The van der Waals surface area contributed by atoms with E-state index in [1.807, 2.05) is 36.0 Å². The van der Waals surface area contributed by atoms with E-state index in [1.54, 1.807) is 6.20 Å². The quantitative estimate of drug-likeness (QED) is 0.900. The number of benzene rings is 1. The summed E-state index contributed by atoms with van der Waals surface area (Å²) in [5, 5.41) is 4.26. The van der Waals surface area contributed by atoms with Crippen molar-refractivity contribution in [1.82, 2.24) is 9.78 Å². The minimum atomic E-state index is 0.327. The van der Waals surface area contributed by atoms with Crippen LogP contribution >= 0.6 is 0 Å². The third-order valence-corrected chi connectivity index (χ3v) is 2.84. The third kappa shape index (κ3) is 2.54. The molecule has 0 bridgehead atoms. The topological polar surface area (TPSA) is 53.1 Å². The Balaban J connectivity index is 2.27. The van der Waals surface area contributed by atoms with Crippen LogP contribution in [-0.2, 0) is 6.54 Å². The average Bonchev–Trinajstić information content (AvgIpc) is 2.80. The van der Waals surface area contributed by atoms with Crippen molar-refractivity contribution in [2.24, 2.45) is 5.73 Å². The molecule has 0 aliphatic rings. The summed E-state index contributed by atoms with van der Waals surface area (Å²) in [7, 11) is 0. The van der Waals surface area contributed by atoms with Crippen LogP contribution in [0.25, 0.3) is 0 Å². The molecule has 2 rings (SSSR count). The summed E-state index contributed by atoms with van der Waals surface area (Å²) in [5.74, 6) is 1.58. The van der Waals surface area contributed by atoms with Crippen LogP contribution in [0.5, 0.6) is 11.5 Å². The molecule has 0 unspecified atom stereocenters. The Kier molecular flexibility index (Phi) is 3.67. The molecule has 0 aliphatic heterocycles. The first-order chi connectivity index (χ1) is 8.61. The molecule has 18 heavy (non-hydrogen) atoms. The molecule has 1 aromatic carbocycles. The fraction of sp³-hybridized carbons (Fsp3) is 0.357. The molecular formula is C14H19N3O. The minimum absolute atomic E-state index is 0.327. The summed E-state index contributed by atoms with van der Waals surface area (Å²) in [4.78, 5) is 0. The zero-order chi connectivity index (χ0) is 13.1. The molecule has 0 radical (unpaired) electrons. The number of para-hydroxylation sites is 1. The van der Waals surface area contributed by atoms with Crippen molar-refractivity contribution < 1.29 is 4.74 Å². The number of nitrogens with two attached hydrogens (primary N) is 1. The van der Waals surface area contributed by atoms with Gasteiger partial charge in [0.1, 0.15) is 5.75 Å². The van der Waals surface area contributed by atoms with Gasteiger partial charge in [-0.05, 0) is 26.3 Å². The first-order valence-electron chi connectivity index (χ1n) is 6.12. The largest absolute Gasteiger partial charge is 0.453 e. The fourth-order valence-corrected chi connectivity index (χ4v) is 1.79. The van der Waals surface area contributed by atoms with Crippen LogP contribution in [-0.4, -0.2) is 9.78 Å². The van der Waals surface area contributed by atoms with Crippen LogP contribution < -0.4 is 10.5 Å². The fourth-order valence-electron chi connectivity index (χ4n) is 1.79. The van der Waals surface area contributed by atoms with E-state index in [0.29, 0.717) is 12.6 Å². The minimum Gasteiger partial charge on any atom is -0.453 e. The monoisotopic (exact) mass is 245 g/mol. The van der Waals surface area contributed by atoms with Crippen molar-refractivity contribution in [2.45, 2.75) is 33.4 Å². The van der Waals surface area contributed by atoms with E-state index in [1.165, 1.54) is 0 Å². The van der Waals surface area contributed by atoms with Gasteiger partial charge >= 0.3 is 0 Å². The van der Waals surface area contributed by atoms with Gasteiger partial charge in [-0.3, -0.25) is 4.68 Å². The lowest BCUT2D eigenvalue weighted by Crippen LogP contribution is -2.01. The molecule has 2 aromatic rings. The molecule has 2 N–H and O–H groups in total. The normalized spacial score (nSPS) is 10.9. The Morgan fingerprint density at radius 3 is 2.78 bits per heavy atom. The maximum atomic E-state index is 5.90. The van der Waals surface area contributed by atoms with Gasteiger partial charge in [-0.15, -0.1) is 0 Å². The molecule has 0 saturated carbocycles. The Labute approximate surface area is 107 Å². The second-order valence-corrected chi connectivity index (χ2v) is 4.62. The van der Waals surface area contributed by atoms with Gasteiger partial charge in [0.25, 0.3) is 0 Å². The molecule has 0 fully saturated rings. The maximum absolute atomic E-state index is 5.90. The zero-order valence-electron chi connectivity index (χ0n) is 11.1. The summed E-state index contributed by atoms with van der Waals surface area (Å²) in [5.41, 5.74) is 7.81. The predicted molar refractivity (Wildman–Crippen MR) is 71.8 cm³/mol. The molecule has 1 aromatic heterocycles. The van der Waals surface area contributed by atoms with Crippen molar-refractivity contribution in [3.05, 3.63) is 41.7 Å². The van der Waals surface area contributed by atoms with E-state index >= 15 is 0 Å². The van der Waals surface area contributed by atoms with Crippen molar-refractivity contribution in [1.29, 1.82) is 0 Å².